The molecule has 0 aliphatic heterocycles. The second kappa shape index (κ2) is 5.97. The summed E-state index contributed by atoms with van der Waals surface area (Å²) in [4.78, 5) is 2.47. The summed E-state index contributed by atoms with van der Waals surface area (Å²) in [6.07, 6.45) is 5.57. The SMILES string of the molecule is ON=CC1=Cc2cc(Sc3ccccc3)ccc2CC1. The largest absolute Gasteiger partial charge is 0.411 e. The van der Waals surface area contributed by atoms with Crippen molar-refractivity contribution in [2.75, 3.05) is 0 Å². The maximum Gasteiger partial charge on any atom is 0.0693 e. The number of hydrogen-bond donors (Lipinski definition) is 1. The Bertz CT molecular complexity index is 662. The van der Waals surface area contributed by atoms with Crippen molar-refractivity contribution in [2.45, 2.75) is 22.6 Å². The van der Waals surface area contributed by atoms with Crippen LogP contribution in [0.25, 0.3) is 6.08 Å². The van der Waals surface area contributed by atoms with Crippen molar-refractivity contribution in [3.8, 4) is 0 Å². The van der Waals surface area contributed by atoms with Crippen LogP contribution in [-0.4, -0.2) is 11.4 Å². The van der Waals surface area contributed by atoms with Gasteiger partial charge in [-0.25, -0.2) is 0 Å². The third kappa shape index (κ3) is 2.94. The van der Waals surface area contributed by atoms with Crippen LogP contribution in [-0.2, 0) is 6.42 Å². The molecule has 0 radical (unpaired) electrons. The van der Waals surface area contributed by atoms with E-state index in [0.717, 1.165) is 18.4 Å². The molecule has 3 heteroatoms. The lowest BCUT2D eigenvalue weighted by Crippen LogP contribution is -2.00. The minimum absolute atomic E-state index is 0.933. The number of rotatable bonds is 3. The Hall–Kier alpha value is -2.00. The molecular weight excluding hydrogens is 266 g/mol. The van der Waals surface area contributed by atoms with Gasteiger partial charge in [0.25, 0.3) is 0 Å². The molecule has 0 unspecified atom stereocenters. The van der Waals surface area contributed by atoms with Crippen molar-refractivity contribution in [3.63, 3.8) is 0 Å². The van der Waals surface area contributed by atoms with Crippen molar-refractivity contribution >= 4 is 24.1 Å². The Morgan fingerprint density at radius 3 is 2.65 bits per heavy atom. The average molecular weight is 281 g/mol. The van der Waals surface area contributed by atoms with Gasteiger partial charge in [0, 0.05) is 9.79 Å². The minimum atomic E-state index is 0.933. The van der Waals surface area contributed by atoms with Gasteiger partial charge in [0.05, 0.1) is 6.21 Å². The van der Waals surface area contributed by atoms with Crippen LogP contribution < -0.4 is 0 Å². The van der Waals surface area contributed by atoms with E-state index in [2.05, 4.69) is 53.7 Å². The standard InChI is InChI=1S/C17H15NOS/c19-18-12-13-6-7-14-8-9-17(11-15(14)10-13)20-16-4-2-1-3-5-16/h1-5,8-12,19H,6-7H2. The van der Waals surface area contributed by atoms with Gasteiger partial charge in [0.1, 0.15) is 0 Å². The number of allylic oxidation sites excluding steroid dienone is 1. The topological polar surface area (TPSA) is 32.6 Å². The van der Waals surface area contributed by atoms with Crippen LogP contribution in [0.5, 0.6) is 0 Å². The van der Waals surface area contributed by atoms with E-state index in [0.29, 0.717) is 0 Å². The van der Waals surface area contributed by atoms with Gasteiger partial charge in [-0.3, -0.25) is 0 Å². The molecule has 1 N–H and O–H groups in total. The second-order valence-corrected chi connectivity index (χ2v) is 5.89. The minimum Gasteiger partial charge on any atom is -0.411 e. The monoisotopic (exact) mass is 281 g/mol. The Balaban J connectivity index is 1.88. The summed E-state index contributed by atoms with van der Waals surface area (Å²) in [7, 11) is 0. The molecule has 0 saturated heterocycles. The summed E-state index contributed by atoms with van der Waals surface area (Å²) in [5.74, 6) is 0. The molecule has 0 aromatic heterocycles. The van der Waals surface area contributed by atoms with Gasteiger partial charge in [0.15, 0.2) is 0 Å². The van der Waals surface area contributed by atoms with Crippen LogP contribution in [0.1, 0.15) is 17.5 Å². The third-order valence-corrected chi connectivity index (χ3v) is 4.34. The van der Waals surface area contributed by atoms with Crippen LogP contribution in [0, 0.1) is 0 Å². The number of benzene rings is 2. The molecular formula is C17H15NOS. The third-order valence-electron chi connectivity index (χ3n) is 3.34. The smallest absolute Gasteiger partial charge is 0.0693 e. The molecule has 2 aromatic carbocycles. The molecule has 3 rings (SSSR count). The van der Waals surface area contributed by atoms with E-state index in [1.807, 2.05) is 6.07 Å². The number of nitrogens with zero attached hydrogens (tertiary/aromatic N) is 1. The van der Waals surface area contributed by atoms with Gasteiger partial charge in [-0.1, -0.05) is 41.2 Å². The zero-order valence-corrected chi connectivity index (χ0v) is 11.8. The Morgan fingerprint density at radius 1 is 1.00 bits per heavy atom. The maximum atomic E-state index is 8.64. The lowest BCUT2D eigenvalue weighted by molar-refractivity contribution is 0.321. The second-order valence-electron chi connectivity index (χ2n) is 4.74. The lowest BCUT2D eigenvalue weighted by Gasteiger charge is -2.15. The maximum absolute atomic E-state index is 8.64. The van der Waals surface area contributed by atoms with E-state index in [1.54, 1.807) is 11.8 Å². The molecule has 1 aliphatic carbocycles. The van der Waals surface area contributed by atoms with E-state index in [-0.39, 0.29) is 0 Å². The van der Waals surface area contributed by atoms with Crippen LogP contribution in [0.4, 0.5) is 0 Å². The molecule has 100 valence electrons. The van der Waals surface area contributed by atoms with Crippen LogP contribution in [0.2, 0.25) is 0 Å². The quantitative estimate of drug-likeness (QED) is 0.505. The molecule has 0 heterocycles. The van der Waals surface area contributed by atoms with E-state index >= 15 is 0 Å². The van der Waals surface area contributed by atoms with E-state index < -0.39 is 0 Å². The summed E-state index contributed by atoms with van der Waals surface area (Å²) in [5.41, 5.74) is 3.66. The van der Waals surface area contributed by atoms with Crippen molar-refractivity contribution in [3.05, 3.63) is 65.2 Å². The molecule has 0 atom stereocenters. The van der Waals surface area contributed by atoms with E-state index in [9.17, 15) is 0 Å². The highest BCUT2D eigenvalue weighted by atomic mass is 32.2. The van der Waals surface area contributed by atoms with Crippen molar-refractivity contribution < 1.29 is 5.21 Å². The van der Waals surface area contributed by atoms with Gasteiger partial charge in [-0.2, -0.15) is 0 Å². The molecule has 0 amide bonds. The molecule has 0 fully saturated rings. The fourth-order valence-electron chi connectivity index (χ4n) is 2.35. The number of fused-ring (bicyclic) bond motifs is 1. The number of hydrogen-bond acceptors (Lipinski definition) is 3. The molecule has 0 saturated carbocycles. The van der Waals surface area contributed by atoms with Gasteiger partial charge < -0.3 is 5.21 Å². The van der Waals surface area contributed by atoms with Gasteiger partial charge >= 0.3 is 0 Å². The van der Waals surface area contributed by atoms with Crippen molar-refractivity contribution in [1.29, 1.82) is 0 Å². The first-order chi connectivity index (χ1) is 9.85. The average Bonchev–Trinajstić information content (AvgIpc) is 2.48. The van der Waals surface area contributed by atoms with Gasteiger partial charge in [0.2, 0.25) is 0 Å². The predicted octanol–water partition coefficient (Wildman–Crippen LogP) is 4.63. The fraction of sp³-hybridized carbons (Fsp3) is 0.118. The van der Waals surface area contributed by atoms with Crippen molar-refractivity contribution in [1.82, 2.24) is 0 Å². The fourth-order valence-corrected chi connectivity index (χ4v) is 3.24. The highest BCUT2D eigenvalue weighted by Crippen LogP contribution is 2.31. The highest BCUT2D eigenvalue weighted by molar-refractivity contribution is 7.99. The van der Waals surface area contributed by atoms with Gasteiger partial charge in [-0.15, -0.1) is 0 Å². The lowest BCUT2D eigenvalue weighted by atomic mass is 9.93. The molecule has 0 spiro atoms. The van der Waals surface area contributed by atoms with E-state index in [4.69, 9.17) is 5.21 Å². The summed E-state index contributed by atoms with van der Waals surface area (Å²) < 4.78 is 0. The molecule has 2 aromatic rings. The summed E-state index contributed by atoms with van der Waals surface area (Å²) in [6.45, 7) is 0. The molecule has 2 nitrogen and oxygen atoms in total. The highest BCUT2D eigenvalue weighted by Gasteiger charge is 2.10. The summed E-state index contributed by atoms with van der Waals surface area (Å²) >= 11 is 1.76. The van der Waals surface area contributed by atoms with Crippen LogP contribution >= 0.6 is 11.8 Å². The Labute approximate surface area is 122 Å². The first-order valence-corrected chi connectivity index (χ1v) is 7.40. The number of oxime groups is 1. The first kappa shape index (κ1) is 13.0. The van der Waals surface area contributed by atoms with Gasteiger partial charge in [-0.05, 0) is 59.9 Å². The molecule has 0 bridgehead atoms. The van der Waals surface area contributed by atoms with Crippen molar-refractivity contribution in [2.24, 2.45) is 5.16 Å². The number of aryl methyl sites for hydroxylation is 1. The normalized spacial score (nSPS) is 14.1. The first-order valence-electron chi connectivity index (χ1n) is 6.59. The summed E-state index contributed by atoms with van der Waals surface area (Å²) in [5, 5.41) is 11.8. The predicted molar refractivity (Wildman–Crippen MR) is 83.6 cm³/mol. The zero-order chi connectivity index (χ0) is 13.8. The van der Waals surface area contributed by atoms with Crippen LogP contribution in [0.3, 0.4) is 0 Å². The Morgan fingerprint density at radius 2 is 1.85 bits per heavy atom. The Kier molecular flexibility index (Phi) is 3.88. The van der Waals surface area contributed by atoms with E-state index in [1.165, 1.54) is 27.1 Å². The van der Waals surface area contributed by atoms with Crippen LogP contribution in [0.15, 0.2) is 69.1 Å². The zero-order valence-electron chi connectivity index (χ0n) is 11.0. The molecule has 1 aliphatic rings. The summed E-state index contributed by atoms with van der Waals surface area (Å²) in [6, 6.07) is 16.9. The molecule has 20 heavy (non-hydrogen) atoms.